The zero-order valence-corrected chi connectivity index (χ0v) is 13.1. The van der Waals surface area contributed by atoms with Crippen molar-refractivity contribution in [3.05, 3.63) is 35.7 Å². The number of aryl methyl sites for hydroxylation is 1. The maximum atomic E-state index is 11.1. The van der Waals surface area contributed by atoms with Crippen LogP contribution in [0.25, 0.3) is 11.4 Å². The SMILES string of the molecule is Cc1nc(-c2cccc(N=C(N)CCl)c2)n(CC(=O)O)c1C. The Bertz CT molecular complexity index is 737. The number of rotatable bonds is 5. The number of carboxylic acids is 1. The molecule has 0 saturated heterocycles. The molecular weight excluding hydrogens is 304 g/mol. The Balaban J connectivity index is 2.50. The predicted molar refractivity (Wildman–Crippen MR) is 86.8 cm³/mol. The second-order valence-corrected chi connectivity index (χ2v) is 5.14. The number of halogens is 1. The number of aliphatic imine (C=N–C) groups is 1. The third-order valence-corrected chi connectivity index (χ3v) is 3.54. The normalized spacial score (nSPS) is 11.7. The molecule has 0 amide bonds. The van der Waals surface area contributed by atoms with Crippen LogP contribution in [0.4, 0.5) is 5.69 Å². The molecule has 3 N–H and O–H groups in total. The third kappa shape index (κ3) is 3.46. The fourth-order valence-electron chi connectivity index (χ4n) is 2.11. The Labute approximate surface area is 133 Å². The molecule has 2 aromatic rings. The zero-order valence-electron chi connectivity index (χ0n) is 12.4. The maximum absolute atomic E-state index is 11.1. The van der Waals surface area contributed by atoms with Crippen molar-refractivity contribution in [2.75, 3.05) is 5.88 Å². The minimum absolute atomic E-state index is 0.140. The van der Waals surface area contributed by atoms with Crippen molar-refractivity contribution in [2.45, 2.75) is 20.4 Å². The molecule has 7 heteroatoms. The minimum Gasteiger partial charge on any atom is -0.480 e. The summed E-state index contributed by atoms with van der Waals surface area (Å²) in [5.41, 5.74) is 8.69. The van der Waals surface area contributed by atoms with E-state index < -0.39 is 5.97 Å². The van der Waals surface area contributed by atoms with E-state index in [1.165, 1.54) is 0 Å². The Morgan fingerprint density at radius 2 is 2.18 bits per heavy atom. The molecule has 0 fully saturated rings. The van der Waals surface area contributed by atoms with E-state index in [2.05, 4.69) is 9.98 Å². The van der Waals surface area contributed by atoms with E-state index in [1.807, 2.05) is 26.0 Å². The summed E-state index contributed by atoms with van der Waals surface area (Å²) in [4.78, 5) is 19.7. The lowest BCUT2D eigenvalue weighted by molar-refractivity contribution is -0.137. The van der Waals surface area contributed by atoms with Gasteiger partial charge in [0.05, 0.1) is 17.3 Å². The van der Waals surface area contributed by atoms with Crippen LogP contribution in [0.2, 0.25) is 0 Å². The van der Waals surface area contributed by atoms with E-state index in [0.29, 0.717) is 17.3 Å². The first-order valence-corrected chi connectivity index (χ1v) is 7.20. The Hall–Kier alpha value is -2.34. The van der Waals surface area contributed by atoms with Gasteiger partial charge in [-0.2, -0.15) is 0 Å². The highest BCUT2D eigenvalue weighted by Gasteiger charge is 2.15. The van der Waals surface area contributed by atoms with Crippen LogP contribution in [0.5, 0.6) is 0 Å². The molecular formula is C15H17ClN4O2. The molecule has 2 rings (SSSR count). The highest BCUT2D eigenvalue weighted by atomic mass is 35.5. The van der Waals surface area contributed by atoms with Crippen LogP contribution in [-0.2, 0) is 11.3 Å². The van der Waals surface area contributed by atoms with E-state index in [9.17, 15) is 4.79 Å². The molecule has 1 heterocycles. The fraction of sp³-hybridized carbons (Fsp3) is 0.267. The van der Waals surface area contributed by atoms with Crippen molar-refractivity contribution < 1.29 is 9.90 Å². The molecule has 0 aliphatic heterocycles. The van der Waals surface area contributed by atoms with E-state index >= 15 is 0 Å². The molecule has 0 spiro atoms. The summed E-state index contributed by atoms with van der Waals surface area (Å²) < 4.78 is 1.67. The number of alkyl halides is 1. The standard InChI is InChI=1S/C15H17ClN4O2/c1-9-10(2)20(8-14(21)22)15(18-9)11-4-3-5-12(6-11)19-13(17)7-16/h3-6H,7-8H2,1-2H3,(H2,17,19)(H,21,22). The molecule has 6 nitrogen and oxygen atoms in total. The van der Waals surface area contributed by atoms with Crippen LogP contribution in [0, 0.1) is 13.8 Å². The molecule has 116 valence electrons. The lowest BCUT2D eigenvalue weighted by Gasteiger charge is -2.08. The topological polar surface area (TPSA) is 93.5 Å². The number of benzene rings is 1. The van der Waals surface area contributed by atoms with Gasteiger partial charge in [-0.3, -0.25) is 4.79 Å². The number of nitrogens with zero attached hydrogens (tertiary/aromatic N) is 3. The highest BCUT2D eigenvalue weighted by molar-refractivity contribution is 6.28. The van der Waals surface area contributed by atoms with Crippen molar-refractivity contribution in [3.63, 3.8) is 0 Å². The van der Waals surface area contributed by atoms with E-state index in [0.717, 1.165) is 17.0 Å². The van der Waals surface area contributed by atoms with Gasteiger partial charge in [-0.1, -0.05) is 12.1 Å². The molecule has 0 atom stereocenters. The lowest BCUT2D eigenvalue weighted by atomic mass is 10.2. The first-order chi connectivity index (χ1) is 10.4. The Morgan fingerprint density at radius 1 is 1.45 bits per heavy atom. The van der Waals surface area contributed by atoms with Crippen molar-refractivity contribution in [2.24, 2.45) is 10.7 Å². The molecule has 0 aliphatic rings. The molecule has 0 aliphatic carbocycles. The number of carboxylic acid groups (broad SMARTS) is 1. The van der Waals surface area contributed by atoms with Crippen LogP contribution in [-0.4, -0.2) is 32.3 Å². The first-order valence-electron chi connectivity index (χ1n) is 6.67. The van der Waals surface area contributed by atoms with Crippen LogP contribution in [0.3, 0.4) is 0 Å². The number of nitrogens with two attached hydrogens (primary N) is 1. The summed E-state index contributed by atoms with van der Waals surface area (Å²) in [7, 11) is 0. The van der Waals surface area contributed by atoms with Gasteiger partial charge in [0.1, 0.15) is 18.2 Å². The first kappa shape index (κ1) is 16.0. The third-order valence-electron chi connectivity index (χ3n) is 3.27. The number of imidazole rings is 1. The Kier molecular flexibility index (Phi) is 4.82. The van der Waals surface area contributed by atoms with Gasteiger partial charge in [0.15, 0.2) is 0 Å². The van der Waals surface area contributed by atoms with Gasteiger partial charge in [0.25, 0.3) is 0 Å². The van der Waals surface area contributed by atoms with Gasteiger partial charge in [-0.05, 0) is 26.0 Å². The number of hydrogen-bond acceptors (Lipinski definition) is 3. The molecule has 0 bridgehead atoms. The molecule has 0 saturated carbocycles. The number of amidine groups is 1. The predicted octanol–water partition coefficient (Wildman–Crippen LogP) is 2.48. The second-order valence-electron chi connectivity index (χ2n) is 4.87. The van der Waals surface area contributed by atoms with Gasteiger partial charge in [0, 0.05) is 11.3 Å². The minimum atomic E-state index is -0.915. The maximum Gasteiger partial charge on any atom is 0.323 e. The van der Waals surface area contributed by atoms with Crippen LogP contribution in [0.15, 0.2) is 29.3 Å². The average molecular weight is 321 g/mol. The molecule has 1 aromatic heterocycles. The average Bonchev–Trinajstić information content (AvgIpc) is 2.75. The van der Waals surface area contributed by atoms with E-state index in [-0.39, 0.29) is 12.4 Å². The summed E-state index contributed by atoms with van der Waals surface area (Å²) >= 11 is 5.63. The molecule has 0 unspecified atom stereocenters. The van der Waals surface area contributed by atoms with Crippen molar-refractivity contribution in [3.8, 4) is 11.4 Å². The van der Waals surface area contributed by atoms with Crippen molar-refractivity contribution in [1.82, 2.24) is 9.55 Å². The summed E-state index contributed by atoms with van der Waals surface area (Å²) in [6.45, 7) is 3.56. The van der Waals surface area contributed by atoms with Crippen LogP contribution >= 0.6 is 11.6 Å². The smallest absolute Gasteiger partial charge is 0.323 e. The molecule has 1 aromatic carbocycles. The second kappa shape index (κ2) is 6.62. The van der Waals surface area contributed by atoms with Gasteiger partial charge < -0.3 is 15.4 Å². The van der Waals surface area contributed by atoms with Gasteiger partial charge in [0.2, 0.25) is 0 Å². The highest BCUT2D eigenvalue weighted by Crippen LogP contribution is 2.25. The number of hydrogen-bond donors (Lipinski definition) is 2. The Morgan fingerprint density at radius 3 is 2.82 bits per heavy atom. The van der Waals surface area contributed by atoms with Crippen molar-refractivity contribution in [1.29, 1.82) is 0 Å². The summed E-state index contributed by atoms with van der Waals surface area (Å²) in [6.07, 6.45) is 0. The summed E-state index contributed by atoms with van der Waals surface area (Å²) in [5.74, 6) is 0.150. The van der Waals surface area contributed by atoms with E-state index in [4.69, 9.17) is 22.4 Å². The van der Waals surface area contributed by atoms with Crippen molar-refractivity contribution >= 4 is 29.1 Å². The quantitative estimate of drug-likeness (QED) is 0.503. The van der Waals surface area contributed by atoms with Crippen LogP contribution in [0.1, 0.15) is 11.4 Å². The number of carbonyl (C=O) groups is 1. The number of aliphatic carboxylic acids is 1. The van der Waals surface area contributed by atoms with E-state index in [1.54, 1.807) is 16.7 Å². The molecule has 0 radical (unpaired) electrons. The fourth-order valence-corrected chi connectivity index (χ4v) is 2.17. The zero-order chi connectivity index (χ0) is 16.3. The lowest BCUT2D eigenvalue weighted by Crippen LogP contribution is -2.12. The molecule has 22 heavy (non-hydrogen) atoms. The monoisotopic (exact) mass is 320 g/mol. The summed E-state index contributed by atoms with van der Waals surface area (Å²) in [6, 6.07) is 7.28. The van der Waals surface area contributed by atoms with Crippen LogP contribution < -0.4 is 5.73 Å². The van der Waals surface area contributed by atoms with Gasteiger partial charge in [-0.15, -0.1) is 11.6 Å². The van der Waals surface area contributed by atoms with Gasteiger partial charge >= 0.3 is 5.97 Å². The van der Waals surface area contributed by atoms with Gasteiger partial charge in [-0.25, -0.2) is 9.98 Å². The summed E-state index contributed by atoms with van der Waals surface area (Å²) in [5, 5.41) is 9.08. The largest absolute Gasteiger partial charge is 0.480 e. The number of aromatic nitrogens is 2.